The molecule has 1 fully saturated rings. The Labute approximate surface area is 185 Å². The van der Waals surface area contributed by atoms with Crippen molar-refractivity contribution in [2.45, 2.75) is 33.1 Å². The van der Waals surface area contributed by atoms with E-state index in [-0.39, 0.29) is 0 Å². The molecule has 0 atom stereocenters. The Bertz CT molecular complexity index is 949. The molecule has 2 N–H and O–H groups in total. The molecule has 0 saturated carbocycles. The summed E-state index contributed by atoms with van der Waals surface area (Å²) < 4.78 is 27.3. The van der Waals surface area contributed by atoms with E-state index in [1.807, 2.05) is 24.3 Å². The van der Waals surface area contributed by atoms with Crippen LogP contribution in [0.15, 0.2) is 48.5 Å². The number of carbonyl (C=O) groups is 1. The Morgan fingerprint density at radius 2 is 1.48 bits per heavy atom. The second kappa shape index (κ2) is 10.5. The van der Waals surface area contributed by atoms with Crippen LogP contribution < -0.4 is 19.8 Å². The van der Waals surface area contributed by atoms with Gasteiger partial charge in [0.1, 0.15) is 5.75 Å². The first-order valence-corrected chi connectivity index (χ1v) is 12.6. The standard InChI is InChI=1S/C23H32N4O3S/c1-3-26(4-2)21-12-8-19(9-13-21)24-23(28)18-31(29,30)25-20-10-14-22(15-11-20)27-16-6-5-7-17-27/h8-15,25H,3-7,16-18H2,1-2H3,(H,24,28). The first-order chi connectivity index (χ1) is 14.9. The maximum absolute atomic E-state index is 12.4. The number of piperidine rings is 1. The molecule has 2 aromatic rings. The van der Waals surface area contributed by atoms with Gasteiger partial charge in [-0.05, 0) is 81.6 Å². The van der Waals surface area contributed by atoms with Crippen LogP contribution in [0.5, 0.6) is 0 Å². The highest BCUT2D eigenvalue weighted by molar-refractivity contribution is 7.93. The number of nitrogens with zero attached hydrogens (tertiary/aromatic N) is 2. The number of carbonyl (C=O) groups excluding carboxylic acids is 1. The van der Waals surface area contributed by atoms with Crippen molar-refractivity contribution >= 4 is 38.7 Å². The maximum Gasteiger partial charge on any atom is 0.241 e. The van der Waals surface area contributed by atoms with E-state index < -0.39 is 21.7 Å². The molecule has 0 spiro atoms. The van der Waals surface area contributed by atoms with Crippen LogP contribution in [-0.2, 0) is 14.8 Å². The highest BCUT2D eigenvalue weighted by Crippen LogP contribution is 2.22. The highest BCUT2D eigenvalue weighted by atomic mass is 32.2. The molecule has 168 valence electrons. The summed E-state index contributed by atoms with van der Waals surface area (Å²) in [5.41, 5.74) is 3.18. The Kier molecular flexibility index (Phi) is 7.79. The molecule has 1 heterocycles. The van der Waals surface area contributed by atoms with E-state index in [0.717, 1.165) is 37.6 Å². The molecule has 1 amide bonds. The average molecular weight is 445 g/mol. The lowest BCUT2D eigenvalue weighted by molar-refractivity contribution is -0.113. The van der Waals surface area contributed by atoms with Crippen LogP contribution in [0.25, 0.3) is 0 Å². The summed E-state index contributed by atoms with van der Waals surface area (Å²) in [5, 5.41) is 2.65. The van der Waals surface area contributed by atoms with Gasteiger partial charge in [0.2, 0.25) is 15.9 Å². The van der Waals surface area contributed by atoms with Gasteiger partial charge >= 0.3 is 0 Å². The summed E-state index contributed by atoms with van der Waals surface area (Å²) in [6.45, 7) is 8.01. The molecule has 7 nitrogen and oxygen atoms in total. The van der Waals surface area contributed by atoms with Gasteiger partial charge in [0.25, 0.3) is 0 Å². The third-order valence-corrected chi connectivity index (χ3v) is 6.65. The summed E-state index contributed by atoms with van der Waals surface area (Å²) in [6, 6.07) is 14.7. The van der Waals surface area contributed by atoms with Crippen molar-refractivity contribution in [3.05, 3.63) is 48.5 Å². The van der Waals surface area contributed by atoms with Crippen LogP contribution in [0.4, 0.5) is 22.7 Å². The minimum absolute atomic E-state index is 0.456. The normalized spacial score (nSPS) is 14.2. The zero-order valence-electron chi connectivity index (χ0n) is 18.3. The van der Waals surface area contributed by atoms with E-state index in [9.17, 15) is 13.2 Å². The topological polar surface area (TPSA) is 81.8 Å². The van der Waals surface area contributed by atoms with E-state index in [4.69, 9.17) is 0 Å². The third kappa shape index (κ3) is 6.62. The Morgan fingerprint density at radius 1 is 0.903 bits per heavy atom. The number of rotatable bonds is 9. The van der Waals surface area contributed by atoms with E-state index in [0.29, 0.717) is 11.4 Å². The molecule has 0 unspecified atom stereocenters. The monoisotopic (exact) mass is 444 g/mol. The van der Waals surface area contributed by atoms with Crippen molar-refractivity contribution in [1.82, 2.24) is 0 Å². The number of hydrogen-bond acceptors (Lipinski definition) is 5. The summed E-state index contributed by atoms with van der Waals surface area (Å²) in [5.74, 6) is -1.22. The number of anilines is 4. The Hall–Kier alpha value is -2.74. The number of benzene rings is 2. The minimum atomic E-state index is -3.81. The minimum Gasteiger partial charge on any atom is -0.372 e. The number of amides is 1. The predicted octanol–water partition coefficient (Wildman–Crippen LogP) is 3.90. The van der Waals surface area contributed by atoms with Crippen molar-refractivity contribution in [2.24, 2.45) is 0 Å². The van der Waals surface area contributed by atoms with E-state index in [2.05, 4.69) is 33.7 Å². The van der Waals surface area contributed by atoms with Crippen LogP contribution in [-0.4, -0.2) is 46.3 Å². The van der Waals surface area contributed by atoms with Gasteiger partial charge in [-0.1, -0.05) is 0 Å². The van der Waals surface area contributed by atoms with Gasteiger partial charge in [0.15, 0.2) is 0 Å². The lowest BCUT2D eigenvalue weighted by Crippen LogP contribution is -2.29. The molecule has 31 heavy (non-hydrogen) atoms. The number of nitrogens with one attached hydrogen (secondary N) is 2. The summed E-state index contributed by atoms with van der Waals surface area (Å²) in [6.07, 6.45) is 3.62. The quantitative estimate of drug-likeness (QED) is 0.613. The second-order valence-corrected chi connectivity index (χ2v) is 9.45. The van der Waals surface area contributed by atoms with Gasteiger partial charge in [-0.25, -0.2) is 8.42 Å². The zero-order chi connectivity index (χ0) is 22.3. The average Bonchev–Trinajstić information content (AvgIpc) is 2.76. The first kappa shape index (κ1) is 22.9. The lowest BCUT2D eigenvalue weighted by Gasteiger charge is -2.28. The van der Waals surface area contributed by atoms with Gasteiger partial charge < -0.3 is 15.1 Å². The van der Waals surface area contributed by atoms with Crippen LogP contribution in [0.3, 0.4) is 0 Å². The van der Waals surface area contributed by atoms with Gasteiger partial charge in [-0.15, -0.1) is 0 Å². The largest absolute Gasteiger partial charge is 0.372 e. The van der Waals surface area contributed by atoms with Gasteiger partial charge in [-0.3, -0.25) is 9.52 Å². The van der Waals surface area contributed by atoms with Crippen LogP contribution in [0.1, 0.15) is 33.1 Å². The van der Waals surface area contributed by atoms with Crippen molar-refractivity contribution in [1.29, 1.82) is 0 Å². The molecule has 3 rings (SSSR count). The molecule has 0 radical (unpaired) electrons. The van der Waals surface area contributed by atoms with Gasteiger partial charge in [0.05, 0.1) is 0 Å². The fourth-order valence-electron chi connectivity index (χ4n) is 3.82. The Morgan fingerprint density at radius 3 is 2.06 bits per heavy atom. The molecule has 1 aliphatic heterocycles. The summed E-state index contributed by atoms with van der Waals surface area (Å²) in [4.78, 5) is 16.8. The predicted molar refractivity (Wildman–Crippen MR) is 129 cm³/mol. The van der Waals surface area contributed by atoms with Crippen molar-refractivity contribution in [3.8, 4) is 0 Å². The third-order valence-electron chi connectivity index (χ3n) is 5.46. The SMILES string of the molecule is CCN(CC)c1ccc(NC(=O)CS(=O)(=O)Nc2ccc(N3CCCCC3)cc2)cc1. The Balaban J connectivity index is 1.54. The molecule has 0 aliphatic carbocycles. The van der Waals surface area contributed by atoms with E-state index in [1.165, 1.54) is 19.3 Å². The zero-order valence-corrected chi connectivity index (χ0v) is 19.1. The molecule has 0 bridgehead atoms. The molecule has 0 aromatic heterocycles. The summed E-state index contributed by atoms with van der Waals surface area (Å²) in [7, 11) is -3.81. The number of hydrogen-bond donors (Lipinski definition) is 2. The first-order valence-electron chi connectivity index (χ1n) is 10.9. The molecule has 2 aromatic carbocycles. The fraction of sp³-hybridized carbons (Fsp3) is 0.435. The van der Waals surface area contributed by atoms with Crippen LogP contribution in [0.2, 0.25) is 0 Å². The smallest absolute Gasteiger partial charge is 0.241 e. The fourth-order valence-corrected chi connectivity index (χ4v) is 4.81. The van der Waals surface area contributed by atoms with E-state index in [1.54, 1.807) is 24.3 Å². The maximum atomic E-state index is 12.4. The lowest BCUT2D eigenvalue weighted by atomic mass is 10.1. The number of sulfonamides is 1. The molecule has 1 aliphatic rings. The van der Waals surface area contributed by atoms with Crippen molar-refractivity contribution in [2.75, 3.05) is 51.8 Å². The van der Waals surface area contributed by atoms with E-state index >= 15 is 0 Å². The molecule has 1 saturated heterocycles. The van der Waals surface area contributed by atoms with Crippen molar-refractivity contribution in [3.63, 3.8) is 0 Å². The van der Waals surface area contributed by atoms with Crippen molar-refractivity contribution < 1.29 is 13.2 Å². The van der Waals surface area contributed by atoms with Gasteiger partial charge in [-0.2, -0.15) is 0 Å². The second-order valence-electron chi connectivity index (χ2n) is 7.72. The molecular formula is C23H32N4O3S. The van der Waals surface area contributed by atoms with Crippen LogP contribution >= 0.6 is 0 Å². The molecular weight excluding hydrogens is 412 g/mol. The summed E-state index contributed by atoms with van der Waals surface area (Å²) >= 11 is 0. The van der Waals surface area contributed by atoms with Crippen LogP contribution in [0, 0.1) is 0 Å². The molecule has 8 heteroatoms. The highest BCUT2D eigenvalue weighted by Gasteiger charge is 2.17. The van der Waals surface area contributed by atoms with Gasteiger partial charge in [0, 0.05) is 48.9 Å².